The van der Waals surface area contributed by atoms with Gasteiger partial charge in [0.25, 0.3) is 5.56 Å². The summed E-state index contributed by atoms with van der Waals surface area (Å²) in [5, 5.41) is 9.29. The molecular formula is C35H35N3O9S. The molecule has 0 saturated heterocycles. The Kier molecular flexibility index (Phi) is 9.99. The summed E-state index contributed by atoms with van der Waals surface area (Å²) in [4.78, 5) is 55.7. The largest absolute Gasteiger partial charge is 0.490 e. The first-order chi connectivity index (χ1) is 23.0. The Morgan fingerprint density at radius 2 is 1.71 bits per heavy atom. The van der Waals surface area contributed by atoms with Crippen LogP contribution < -0.4 is 24.4 Å². The molecule has 13 heteroatoms. The Morgan fingerprint density at radius 1 is 0.979 bits per heavy atom. The average Bonchev–Trinajstić information content (AvgIpc) is 3.52. The van der Waals surface area contributed by atoms with Gasteiger partial charge in [-0.25, -0.2) is 19.4 Å². The number of aromatic nitrogens is 2. The highest BCUT2D eigenvalue weighted by atomic mass is 32.1. The van der Waals surface area contributed by atoms with Crippen LogP contribution in [-0.4, -0.2) is 59.1 Å². The number of rotatable bonds is 11. The Balaban J connectivity index is 1.64. The smallest absolute Gasteiger partial charge is 0.343 e. The number of fused-ring (bicyclic) bond motifs is 1. The van der Waals surface area contributed by atoms with Crippen molar-refractivity contribution in [3.05, 3.63) is 108 Å². The molecule has 1 aliphatic heterocycles. The number of carbonyl (C=O) groups is 3. The number of aryl methyl sites for hydroxylation is 1. The van der Waals surface area contributed by atoms with Crippen LogP contribution in [0.15, 0.2) is 69.6 Å². The number of aromatic carboxylic acids is 1. The molecule has 12 nitrogen and oxygen atoms in total. The summed E-state index contributed by atoms with van der Waals surface area (Å²) >= 11 is 1.20. The number of methoxy groups -OCH3 is 1. The van der Waals surface area contributed by atoms with Gasteiger partial charge in [-0.3, -0.25) is 9.36 Å². The summed E-state index contributed by atoms with van der Waals surface area (Å²) in [5.74, 6) is -1.55. The molecule has 5 rings (SSSR count). The van der Waals surface area contributed by atoms with Crippen LogP contribution >= 0.6 is 11.3 Å². The monoisotopic (exact) mass is 673 g/mol. The topological polar surface area (TPSA) is 148 Å². The lowest BCUT2D eigenvalue weighted by Crippen LogP contribution is -2.40. The number of thiazole rings is 1. The summed E-state index contributed by atoms with van der Waals surface area (Å²) in [6.07, 6.45) is 1.80. The van der Waals surface area contributed by atoms with Gasteiger partial charge in [-0.2, -0.15) is 0 Å². The molecule has 3 heterocycles. The van der Waals surface area contributed by atoms with E-state index in [0.717, 1.165) is 22.6 Å². The van der Waals surface area contributed by atoms with Gasteiger partial charge in [0.1, 0.15) is 0 Å². The minimum absolute atomic E-state index is 0.131. The van der Waals surface area contributed by atoms with Crippen LogP contribution in [0.4, 0.5) is 0 Å². The summed E-state index contributed by atoms with van der Waals surface area (Å²) in [6.45, 7) is 9.16. The number of carboxylic acid groups (broad SMARTS) is 1. The fourth-order valence-corrected chi connectivity index (χ4v) is 6.65. The average molecular weight is 674 g/mol. The van der Waals surface area contributed by atoms with E-state index in [1.165, 1.54) is 23.0 Å². The fraction of sp³-hybridized carbons (Fsp3) is 0.286. The van der Waals surface area contributed by atoms with Crippen LogP contribution in [0.1, 0.15) is 59.7 Å². The number of esters is 2. The molecule has 250 valence electrons. The third kappa shape index (κ3) is 6.54. The Labute approximate surface area is 279 Å². The molecule has 0 amide bonds. The van der Waals surface area contributed by atoms with Crippen molar-refractivity contribution in [2.75, 3.05) is 26.9 Å². The Morgan fingerprint density at radius 3 is 2.35 bits per heavy atom. The van der Waals surface area contributed by atoms with Gasteiger partial charge in [-0.15, -0.1) is 0 Å². The van der Waals surface area contributed by atoms with Crippen molar-refractivity contribution in [1.82, 2.24) is 9.13 Å². The lowest BCUT2D eigenvalue weighted by atomic mass is 9.95. The zero-order valence-corrected chi connectivity index (χ0v) is 28.2. The molecule has 1 N–H and O–H groups in total. The quantitative estimate of drug-likeness (QED) is 0.235. The fourth-order valence-electron chi connectivity index (χ4n) is 5.61. The molecule has 0 aliphatic carbocycles. The first-order valence-corrected chi connectivity index (χ1v) is 16.0. The summed E-state index contributed by atoms with van der Waals surface area (Å²) in [6, 6.07) is 12.6. The number of hydrogen-bond acceptors (Lipinski definition) is 10. The maximum Gasteiger partial charge on any atom is 0.343 e. The van der Waals surface area contributed by atoms with Crippen molar-refractivity contribution in [3.8, 4) is 17.2 Å². The van der Waals surface area contributed by atoms with Gasteiger partial charge in [0.05, 0.1) is 47.7 Å². The third-order valence-corrected chi connectivity index (χ3v) is 8.79. The van der Waals surface area contributed by atoms with E-state index in [1.54, 1.807) is 69.3 Å². The van der Waals surface area contributed by atoms with Crippen LogP contribution in [0, 0.1) is 13.8 Å². The van der Waals surface area contributed by atoms with E-state index >= 15 is 0 Å². The standard InChI is InChI=1S/C35H35N3O9S/c1-7-45-27-16-23(11-14-26(27)47-18-29(39)44-6)31-30(34(43)46-8-2)20(4)36-35-38(31)32(40)28(48-35)17-24-15-19(3)37(21(24)5)25-12-9-22(10-13-25)33(41)42/h9-17,31H,7-8,18H2,1-6H3,(H,41,42)/b28-17-/t31-/m1/s1. The molecule has 0 fully saturated rings. The van der Waals surface area contributed by atoms with E-state index < -0.39 is 23.9 Å². The third-order valence-electron chi connectivity index (χ3n) is 7.80. The van der Waals surface area contributed by atoms with Crippen molar-refractivity contribution in [3.63, 3.8) is 0 Å². The predicted molar refractivity (Wildman–Crippen MR) is 178 cm³/mol. The zero-order chi connectivity index (χ0) is 34.7. The van der Waals surface area contributed by atoms with E-state index in [0.29, 0.717) is 38.7 Å². The van der Waals surface area contributed by atoms with Crippen LogP contribution in [0.2, 0.25) is 0 Å². The van der Waals surface area contributed by atoms with Gasteiger partial charge in [0.15, 0.2) is 22.9 Å². The molecule has 2 aromatic heterocycles. The first kappa shape index (κ1) is 33.9. The highest BCUT2D eigenvalue weighted by Gasteiger charge is 2.34. The Hall–Kier alpha value is -5.43. The minimum Gasteiger partial charge on any atom is -0.490 e. The molecule has 0 unspecified atom stereocenters. The van der Waals surface area contributed by atoms with Gasteiger partial charge in [-0.1, -0.05) is 17.4 Å². The van der Waals surface area contributed by atoms with Gasteiger partial charge < -0.3 is 28.6 Å². The molecule has 0 radical (unpaired) electrons. The number of benzene rings is 2. The second kappa shape index (κ2) is 14.1. The van der Waals surface area contributed by atoms with Gasteiger partial charge >= 0.3 is 17.9 Å². The maximum atomic E-state index is 14.2. The van der Waals surface area contributed by atoms with E-state index in [4.69, 9.17) is 14.2 Å². The molecule has 1 atom stereocenters. The molecule has 48 heavy (non-hydrogen) atoms. The molecule has 0 spiro atoms. The van der Waals surface area contributed by atoms with E-state index in [9.17, 15) is 24.3 Å². The van der Waals surface area contributed by atoms with Crippen LogP contribution in [-0.2, 0) is 19.1 Å². The van der Waals surface area contributed by atoms with Crippen LogP contribution in [0.25, 0.3) is 11.8 Å². The summed E-state index contributed by atoms with van der Waals surface area (Å²) in [5.41, 5.74) is 4.35. The van der Waals surface area contributed by atoms with Crippen LogP contribution in [0.5, 0.6) is 11.5 Å². The highest BCUT2D eigenvalue weighted by Crippen LogP contribution is 2.36. The van der Waals surface area contributed by atoms with E-state index in [-0.39, 0.29) is 29.9 Å². The van der Waals surface area contributed by atoms with Gasteiger partial charge in [0, 0.05) is 17.1 Å². The SMILES string of the molecule is CCOC(=O)C1=C(C)N=c2s/c(=C\c3cc(C)n(-c4ccc(C(=O)O)cc4)c3C)c(=O)n2[C@@H]1c1ccc(OCC(=O)OC)c(OCC)c1. The first-order valence-electron chi connectivity index (χ1n) is 15.2. The van der Waals surface area contributed by atoms with E-state index in [2.05, 4.69) is 9.73 Å². The zero-order valence-electron chi connectivity index (χ0n) is 27.4. The number of ether oxygens (including phenoxy) is 4. The lowest BCUT2D eigenvalue weighted by Gasteiger charge is -2.25. The minimum atomic E-state index is -1.00. The summed E-state index contributed by atoms with van der Waals surface area (Å²) in [7, 11) is 1.26. The van der Waals surface area contributed by atoms with Crippen molar-refractivity contribution < 1.29 is 38.4 Å². The number of nitrogens with zero attached hydrogens (tertiary/aromatic N) is 3. The lowest BCUT2D eigenvalue weighted by molar-refractivity contribution is -0.143. The molecule has 0 bridgehead atoms. The number of allylic oxidation sites excluding steroid dienone is 1. The Bertz CT molecular complexity index is 2120. The van der Waals surface area contributed by atoms with E-state index in [1.807, 2.05) is 24.5 Å². The van der Waals surface area contributed by atoms with Crippen LogP contribution in [0.3, 0.4) is 0 Å². The molecule has 4 aromatic rings. The van der Waals surface area contributed by atoms with Gasteiger partial charge in [0.2, 0.25) is 0 Å². The summed E-state index contributed by atoms with van der Waals surface area (Å²) < 4.78 is 25.4. The molecule has 0 saturated carbocycles. The molecular weight excluding hydrogens is 638 g/mol. The van der Waals surface area contributed by atoms with Crippen molar-refractivity contribution in [1.29, 1.82) is 0 Å². The van der Waals surface area contributed by atoms with Crippen molar-refractivity contribution in [2.24, 2.45) is 4.99 Å². The van der Waals surface area contributed by atoms with Crippen molar-refractivity contribution in [2.45, 2.75) is 40.7 Å². The number of hydrogen-bond donors (Lipinski definition) is 1. The molecule has 2 aromatic carbocycles. The molecule has 1 aliphatic rings. The van der Waals surface area contributed by atoms with Gasteiger partial charge in [-0.05, 0) is 94.3 Å². The highest BCUT2D eigenvalue weighted by molar-refractivity contribution is 7.07. The normalized spacial score (nSPS) is 14.3. The van der Waals surface area contributed by atoms with Crippen molar-refractivity contribution >= 4 is 35.3 Å². The second-order valence-corrected chi connectivity index (χ2v) is 11.8. The second-order valence-electron chi connectivity index (χ2n) is 10.8. The predicted octanol–water partition coefficient (Wildman–Crippen LogP) is 3.85. The maximum absolute atomic E-state index is 14.2. The number of carbonyl (C=O) groups excluding carboxylic acids is 2. The number of carboxylic acids is 1.